The van der Waals surface area contributed by atoms with Gasteiger partial charge in [0, 0.05) is 29.1 Å². The molecule has 0 unspecified atom stereocenters. The molecule has 0 aliphatic heterocycles. The molecule has 160 valence electrons. The zero-order chi connectivity index (χ0) is 22.0. The zero-order valence-corrected chi connectivity index (χ0v) is 17.9. The van der Waals surface area contributed by atoms with Crippen molar-refractivity contribution in [3.8, 4) is 28.6 Å². The van der Waals surface area contributed by atoms with Crippen LogP contribution in [0.1, 0.15) is 17.3 Å². The largest absolute Gasteiger partial charge is 0.493 e. The Morgan fingerprint density at radius 3 is 2.39 bits per heavy atom. The van der Waals surface area contributed by atoms with Gasteiger partial charge in [0.15, 0.2) is 17.3 Å². The maximum atomic E-state index is 12.8. The number of hydrogen-bond donors (Lipinski definition) is 2. The number of carbonyl (C=O) groups excluding carboxylic acids is 1. The summed E-state index contributed by atoms with van der Waals surface area (Å²) in [7, 11) is 4.53. The summed E-state index contributed by atoms with van der Waals surface area (Å²) in [6.45, 7) is 2.91. The molecule has 0 spiro atoms. The lowest BCUT2D eigenvalue weighted by Gasteiger charge is -2.13. The molecule has 0 fully saturated rings. The third-order valence-electron chi connectivity index (χ3n) is 5.15. The number of aryl methyl sites for hydroxylation is 1. The van der Waals surface area contributed by atoms with E-state index >= 15 is 0 Å². The Hall–Kier alpha value is -3.94. The lowest BCUT2D eigenvalue weighted by molar-refractivity contribution is 0.102. The maximum Gasteiger partial charge on any atom is 0.257 e. The van der Waals surface area contributed by atoms with E-state index in [1.165, 1.54) is 21.3 Å². The highest BCUT2D eigenvalue weighted by molar-refractivity contribution is 6.05. The fraction of sp³-hybridized carbons (Fsp3) is 0.217. The van der Waals surface area contributed by atoms with Crippen LogP contribution >= 0.6 is 0 Å². The number of ether oxygens (including phenoxy) is 3. The predicted molar refractivity (Wildman–Crippen MR) is 119 cm³/mol. The van der Waals surface area contributed by atoms with Crippen molar-refractivity contribution in [2.45, 2.75) is 13.5 Å². The number of carbonyl (C=O) groups is 1. The number of aromatic nitrogens is 3. The van der Waals surface area contributed by atoms with Gasteiger partial charge >= 0.3 is 0 Å². The highest BCUT2D eigenvalue weighted by atomic mass is 16.5. The van der Waals surface area contributed by atoms with Crippen LogP contribution in [0, 0.1) is 0 Å². The van der Waals surface area contributed by atoms with Crippen LogP contribution in [-0.2, 0) is 6.54 Å². The summed E-state index contributed by atoms with van der Waals surface area (Å²) < 4.78 is 18.2. The second-order valence-corrected chi connectivity index (χ2v) is 6.87. The molecular weight excluding hydrogens is 396 g/mol. The first-order valence-corrected chi connectivity index (χ1v) is 9.85. The Bertz CT molecular complexity index is 1220. The van der Waals surface area contributed by atoms with E-state index in [1.54, 1.807) is 12.1 Å². The molecule has 4 rings (SSSR count). The number of nitrogens with one attached hydrogen (secondary N) is 2. The summed E-state index contributed by atoms with van der Waals surface area (Å²) >= 11 is 0. The summed E-state index contributed by atoms with van der Waals surface area (Å²) in [5.41, 5.74) is 3.34. The first kappa shape index (κ1) is 20.3. The average Bonchev–Trinajstić information content (AvgIpc) is 3.41. The summed E-state index contributed by atoms with van der Waals surface area (Å²) in [5, 5.41) is 11.3. The Balaban J connectivity index is 1.62. The SMILES string of the molecule is CCn1c(-c2cc(NC(=O)c3cc(OC)c(OC)c(OC)c3)n[nH]2)cc2ccccc21. The molecule has 2 heterocycles. The molecule has 0 saturated heterocycles. The van der Waals surface area contributed by atoms with E-state index in [1.807, 2.05) is 18.2 Å². The van der Waals surface area contributed by atoms with Crippen LogP contribution in [0.2, 0.25) is 0 Å². The van der Waals surface area contributed by atoms with Gasteiger partial charge in [-0.1, -0.05) is 18.2 Å². The number of H-pyrrole nitrogens is 1. The second-order valence-electron chi connectivity index (χ2n) is 6.87. The molecule has 2 aromatic heterocycles. The number of amides is 1. The molecule has 0 saturated carbocycles. The van der Waals surface area contributed by atoms with Gasteiger partial charge in [-0.25, -0.2) is 0 Å². The van der Waals surface area contributed by atoms with Gasteiger partial charge in [-0.05, 0) is 31.2 Å². The van der Waals surface area contributed by atoms with Gasteiger partial charge in [-0.2, -0.15) is 5.10 Å². The number of aromatic amines is 1. The second kappa shape index (κ2) is 8.43. The molecule has 8 heteroatoms. The number of benzene rings is 2. The first-order chi connectivity index (χ1) is 15.1. The number of nitrogens with zero attached hydrogens (tertiary/aromatic N) is 2. The third-order valence-corrected chi connectivity index (χ3v) is 5.15. The van der Waals surface area contributed by atoms with Crippen LogP contribution < -0.4 is 19.5 Å². The quantitative estimate of drug-likeness (QED) is 0.464. The van der Waals surface area contributed by atoms with Crippen molar-refractivity contribution in [2.75, 3.05) is 26.6 Å². The summed E-state index contributed by atoms with van der Waals surface area (Å²) in [5.74, 6) is 1.32. The maximum absolute atomic E-state index is 12.8. The minimum absolute atomic E-state index is 0.340. The number of hydrogen-bond acceptors (Lipinski definition) is 5. The summed E-state index contributed by atoms with van der Waals surface area (Å²) in [4.78, 5) is 12.8. The summed E-state index contributed by atoms with van der Waals surface area (Å²) in [6, 6.07) is 15.3. The zero-order valence-electron chi connectivity index (χ0n) is 17.9. The lowest BCUT2D eigenvalue weighted by atomic mass is 10.1. The smallest absolute Gasteiger partial charge is 0.257 e. The van der Waals surface area contributed by atoms with Crippen LogP contribution in [0.4, 0.5) is 5.82 Å². The molecule has 0 bridgehead atoms. The van der Waals surface area contributed by atoms with Crippen LogP contribution in [0.5, 0.6) is 17.2 Å². The van der Waals surface area contributed by atoms with Gasteiger partial charge < -0.3 is 24.1 Å². The molecule has 4 aromatic rings. The van der Waals surface area contributed by atoms with E-state index in [2.05, 4.69) is 45.2 Å². The molecule has 8 nitrogen and oxygen atoms in total. The highest BCUT2D eigenvalue weighted by Crippen LogP contribution is 2.38. The van der Waals surface area contributed by atoms with Crippen LogP contribution in [0.25, 0.3) is 22.3 Å². The fourth-order valence-corrected chi connectivity index (χ4v) is 3.69. The molecular formula is C23H24N4O4. The molecule has 2 N–H and O–H groups in total. The number of para-hydroxylation sites is 1. The van der Waals surface area contributed by atoms with Gasteiger partial charge in [0.05, 0.1) is 32.7 Å². The summed E-state index contributed by atoms with van der Waals surface area (Å²) in [6.07, 6.45) is 0. The third kappa shape index (κ3) is 3.68. The Morgan fingerprint density at radius 1 is 1.03 bits per heavy atom. The van der Waals surface area contributed by atoms with Crippen molar-refractivity contribution >= 4 is 22.6 Å². The van der Waals surface area contributed by atoms with Crippen molar-refractivity contribution < 1.29 is 19.0 Å². The van der Waals surface area contributed by atoms with Crippen molar-refractivity contribution in [3.63, 3.8) is 0 Å². The van der Waals surface area contributed by atoms with E-state index in [4.69, 9.17) is 14.2 Å². The monoisotopic (exact) mass is 420 g/mol. The molecule has 31 heavy (non-hydrogen) atoms. The topological polar surface area (TPSA) is 90.4 Å². The van der Waals surface area contributed by atoms with Crippen molar-refractivity contribution in [3.05, 3.63) is 54.1 Å². The Labute approximate surface area is 179 Å². The van der Waals surface area contributed by atoms with Crippen LogP contribution in [-0.4, -0.2) is 42.0 Å². The Kier molecular flexibility index (Phi) is 5.53. The van der Waals surface area contributed by atoms with Gasteiger partial charge in [0.2, 0.25) is 5.75 Å². The van der Waals surface area contributed by atoms with E-state index in [0.717, 1.165) is 28.8 Å². The van der Waals surface area contributed by atoms with Gasteiger partial charge in [0.25, 0.3) is 5.91 Å². The minimum atomic E-state index is -0.340. The standard InChI is InChI=1S/C23H24N4O4/c1-5-27-17-9-7-6-8-14(17)10-18(27)16-13-21(26-25-16)24-23(28)15-11-19(29-2)22(31-4)20(12-15)30-3/h6-13H,5H2,1-4H3,(H2,24,25,26,28). The van der Waals surface area contributed by atoms with Gasteiger partial charge in [-0.3, -0.25) is 9.89 Å². The molecule has 0 atom stereocenters. The van der Waals surface area contributed by atoms with Gasteiger partial charge in [-0.15, -0.1) is 0 Å². The molecule has 1 amide bonds. The normalized spacial score (nSPS) is 10.8. The highest BCUT2D eigenvalue weighted by Gasteiger charge is 2.18. The van der Waals surface area contributed by atoms with E-state index < -0.39 is 0 Å². The minimum Gasteiger partial charge on any atom is -0.493 e. The van der Waals surface area contributed by atoms with Gasteiger partial charge in [0.1, 0.15) is 0 Å². The van der Waals surface area contributed by atoms with E-state index in [0.29, 0.717) is 28.6 Å². The van der Waals surface area contributed by atoms with Crippen molar-refractivity contribution in [1.29, 1.82) is 0 Å². The molecule has 0 radical (unpaired) electrons. The van der Waals surface area contributed by atoms with E-state index in [-0.39, 0.29) is 5.91 Å². The number of fused-ring (bicyclic) bond motifs is 1. The van der Waals surface area contributed by atoms with E-state index in [9.17, 15) is 4.79 Å². The van der Waals surface area contributed by atoms with Crippen LogP contribution in [0.15, 0.2) is 48.5 Å². The number of rotatable bonds is 7. The molecule has 0 aliphatic carbocycles. The van der Waals surface area contributed by atoms with Crippen molar-refractivity contribution in [1.82, 2.24) is 14.8 Å². The first-order valence-electron chi connectivity index (χ1n) is 9.85. The average molecular weight is 420 g/mol. The fourth-order valence-electron chi connectivity index (χ4n) is 3.69. The van der Waals surface area contributed by atoms with Crippen molar-refractivity contribution in [2.24, 2.45) is 0 Å². The van der Waals surface area contributed by atoms with Crippen LogP contribution in [0.3, 0.4) is 0 Å². The predicted octanol–water partition coefficient (Wildman–Crippen LogP) is 4.33. The number of anilines is 1. The molecule has 0 aliphatic rings. The number of methoxy groups -OCH3 is 3. The lowest BCUT2D eigenvalue weighted by Crippen LogP contribution is -2.13. The Morgan fingerprint density at radius 2 is 1.74 bits per heavy atom. The molecule has 2 aromatic carbocycles.